The van der Waals surface area contributed by atoms with E-state index in [9.17, 15) is 8.42 Å². The Kier molecular flexibility index (Phi) is 4.80. The van der Waals surface area contributed by atoms with Crippen LogP contribution in [0.3, 0.4) is 0 Å². The summed E-state index contributed by atoms with van der Waals surface area (Å²) in [5, 5.41) is -0.452. The van der Waals surface area contributed by atoms with Gasteiger partial charge in [-0.3, -0.25) is 0 Å². The fourth-order valence-corrected chi connectivity index (χ4v) is 5.74. The molecule has 1 aliphatic heterocycles. The molecule has 0 radical (unpaired) electrons. The van der Waals surface area contributed by atoms with Crippen LogP contribution in [0.4, 0.5) is 0 Å². The third-order valence-electron chi connectivity index (χ3n) is 5.22. The van der Waals surface area contributed by atoms with E-state index in [2.05, 4.69) is 9.97 Å². The summed E-state index contributed by atoms with van der Waals surface area (Å²) in [5.74, 6) is 1.57. The van der Waals surface area contributed by atoms with Crippen LogP contribution in [0.1, 0.15) is 53.7 Å². The van der Waals surface area contributed by atoms with Crippen LogP contribution in [0, 0.1) is 12.8 Å². The number of sulfonamides is 1. The lowest BCUT2D eigenvalue weighted by Gasteiger charge is -2.32. The number of nitrogens with zero attached hydrogens (tertiary/aromatic N) is 3. The van der Waals surface area contributed by atoms with Gasteiger partial charge in [0.1, 0.15) is 11.1 Å². The second-order valence-corrected chi connectivity index (χ2v) is 9.60. The molecule has 1 saturated carbocycles. The highest BCUT2D eigenvalue weighted by Gasteiger charge is 2.37. The molecule has 0 N–H and O–H groups in total. The van der Waals surface area contributed by atoms with Crippen molar-refractivity contribution in [3.8, 4) is 0 Å². The Bertz CT molecular complexity index is 879. The van der Waals surface area contributed by atoms with Crippen molar-refractivity contribution in [3.63, 3.8) is 0 Å². The Morgan fingerprint density at radius 3 is 2.62 bits per heavy atom. The van der Waals surface area contributed by atoms with E-state index in [1.54, 1.807) is 4.31 Å². The highest BCUT2D eigenvalue weighted by Crippen LogP contribution is 2.35. The number of hydrogen-bond acceptors (Lipinski definition) is 4. The van der Waals surface area contributed by atoms with Gasteiger partial charge in [0.2, 0.25) is 10.0 Å². The van der Waals surface area contributed by atoms with Crippen molar-refractivity contribution in [2.75, 3.05) is 6.54 Å². The molecule has 0 amide bonds. The smallest absolute Gasteiger partial charge is 0.221 e. The van der Waals surface area contributed by atoms with E-state index in [0.717, 1.165) is 35.6 Å². The monoisotopic (exact) mass is 371 g/mol. The quantitative estimate of drug-likeness (QED) is 0.808. The largest absolute Gasteiger partial charge is 0.238 e. The molecule has 2 fully saturated rings. The van der Waals surface area contributed by atoms with Gasteiger partial charge in [-0.15, -0.1) is 0 Å². The van der Waals surface area contributed by atoms with Crippen molar-refractivity contribution < 1.29 is 8.42 Å². The topological polar surface area (TPSA) is 63.2 Å². The summed E-state index contributed by atoms with van der Waals surface area (Å²) in [5.41, 5.74) is 2.61. The first kappa shape index (κ1) is 17.6. The standard InChI is InChI=1S/C20H25N3O2S/c1-15-12-18(22-20(21-15)13-16-9-10-16)14-23-11-5-8-19(26(23,24)25)17-6-3-2-4-7-17/h2-4,6-7,12,16,19H,5,8-11,13-14H2,1H3. The molecule has 0 spiro atoms. The maximum absolute atomic E-state index is 13.2. The molecule has 1 atom stereocenters. The van der Waals surface area contributed by atoms with Crippen LogP contribution < -0.4 is 0 Å². The summed E-state index contributed by atoms with van der Waals surface area (Å²) in [7, 11) is -3.38. The van der Waals surface area contributed by atoms with E-state index in [-0.39, 0.29) is 0 Å². The van der Waals surface area contributed by atoms with Crippen LogP contribution in [0.5, 0.6) is 0 Å². The maximum atomic E-state index is 13.2. The SMILES string of the molecule is Cc1cc(CN2CCCC(c3ccccc3)S2(=O)=O)nc(CC2CC2)n1. The van der Waals surface area contributed by atoms with E-state index >= 15 is 0 Å². The van der Waals surface area contributed by atoms with E-state index < -0.39 is 15.3 Å². The van der Waals surface area contributed by atoms with Crippen molar-refractivity contribution in [2.45, 2.75) is 50.8 Å². The predicted molar refractivity (Wildman–Crippen MR) is 101 cm³/mol. The second kappa shape index (κ2) is 7.08. The molecule has 26 heavy (non-hydrogen) atoms. The molecular weight excluding hydrogens is 346 g/mol. The minimum absolute atomic E-state index is 0.340. The van der Waals surface area contributed by atoms with Gasteiger partial charge in [0.05, 0.1) is 12.2 Å². The molecule has 1 aliphatic carbocycles. The lowest BCUT2D eigenvalue weighted by molar-refractivity contribution is 0.356. The van der Waals surface area contributed by atoms with Gasteiger partial charge < -0.3 is 0 Å². The van der Waals surface area contributed by atoms with Crippen LogP contribution in [0.15, 0.2) is 36.4 Å². The molecule has 2 heterocycles. The van der Waals surface area contributed by atoms with Gasteiger partial charge >= 0.3 is 0 Å². The lowest BCUT2D eigenvalue weighted by atomic mass is 10.1. The van der Waals surface area contributed by atoms with Gasteiger partial charge in [-0.2, -0.15) is 4.31 Å². The number of aryl methyl sites for hydroxylation is 1. The van der Waals surface area contributed by atoms with Crippen molar-refractivity contribution in [3.05, 3.63) is 59.2 Å². The van der Waals surface area contributed by atoms with Gasteiger partial charge in [-0.05, 0) is 50.2 Å². The fourth-order valence-electron chi connectivity index (χ4n) is 3.72. The molecule has 4 rings (SSSR count). The Balaban J connectivity index is 1.56. The Hall–Kier alpha value is -1.79. The zero-order valence-corrected chi connectivity index (χ0v) is 16.0. The predicted octanol–water partition coefficient (Wildman–Crippen LogP) is 3.40. The van der Waals surface area contributed by atoms with Crippen molar-refractivity contribution in [1.82, 2.24) is 14.3 Å². The highest BCUT2D eigenvalue weighted by molar-refractivity contribution is 7.89. The molecular formula is C20H25N3O2S. The van der Waals surface area contributed by atoms with Crippen LogP contribution in [0.2, 0.25) is 0 Å². The van der Waals surface area contributed by atoms with Crippen LogP contribution in [-0.4, -0.2) is 29.2 Å². The lowest BCUT2D eigenvalue weighted by Crippen LogP contribution is -2.39. The van der Waals surface area contributed by atoms with Crippen LogP contribution in [0.25, 0.3) is 0 Å². The third kappa shape index (κ3) is 3.81. The van der Waals surface area contributed by atoms with Crippen LogP contribution in [-0.2, 0) is 23.0 Å². The maximum Gasteiger partial charge on any atom is 0.221 e. The minimum Gasteiger partial charge on any atom is -0.238 e. The molecule has 1 aromatic carbocycles. The molecule has 138 valence electrons. The van der Waals surface area contributed by atoms with Crippen molar-refractivity contribution in [2.24, 2.45) is 5.92 Å². The molecule has 1 unspecified atom stereocenters. The minimum atomic E-state index is -3.38. The van der Waals surface area contributed by atoms with Gasteiger partial charge in [0.25, 0.3) is 0 Å². The summed E-state index contributed by atoms with van der Waals surface area (Å²) in [4.78, 5) is 9.18. The number of rotatable bonds is 5. The molecule has 5 nitrogen and oxygen atoms in total. The summed E-state index contributed by atoms with van der Waals surface area (Å²) in [6, 6.07) is 11.5. The van der Waals surface area contributed by atoms with Crippen LogP contribution >= 0.6 is 0 Å². The number of hydrogen-bond donors (Lipinski definition) is 0. The normalized spacial score (nSPS) is 23.0. The first-order valence-corrected chi connectivity index (χ1v) is 10.9. The number of aromatic nitrogens is 2. The third-order valence-corrected chi connectivity index (χ3v) is 7.48. The summed E-state index contributed by atoms with van der Waals surface area (Å²) >= 11 is 0. The molecule has 1 aromatic heterocycles. The van der Waals surface area contributed by atoms with Gasteiger partial charge in [0, 0.05) is 18.7 Å². The zero-order chi connectivity index (χ0) is 18.1. The molecule has 2 aliphatic rings. The van der Waals surface area contributed by atoms with E-state index in [4.69, 9.17) is 0 Å². The Morgan fingerprint density at radius 2 is 1.88 bits per heavy atom. The summed E-state index contributed by atoms with van der Waals surface area (Å²) in [6.45, 7) is 2.86. The summed E-state index contributed by atoms with van der Waals surface area (Å²) < 4.78 is 27.9. The molecule has 0 bridgehead atoms. The van der Waals surface area contributed by atoms with E-state index in [1.807, 2.05) is 43.3 Å². The van der Waals surface area contributed by atoms with E-state index in [1.165, 1.54) is 12.8 Å². The average Bonchev–Trinajstić information content (AvgIpc) is 3.41. The Labute approximate surface area is 155 Å². The zero-order valence-electron chi connectivity index (χ0n) is 15.1. The molecule has 1 saturated heterocycles. The van der Waals surface area contributed by atoms with Gasteiger partial charge in [-0.1, -0.05) is 30.3 Å². The van der Waals surface area contributed by atoms with Crippen molar-refractivity contribution in [1.29, 1.82) is 0 Å². The van der Waals surface area contributed by atoms with Crippen molar-refractivity contribution >= 4 is 10.0 Å². The Morgan fingerprint density at radius 1 is 1.12 bits per heavy atom. The first-order chi connectivity index (χ1) is 12.5. The number of benzene rings is 1. The molecule has 2 aromatic rings. The fraction of sp³-hybridized carbons (Fsp3) is 0.500. The van der Waals surface area contributed by atoms with Gasteiger partial charge in [0.15, 0.2) is 0 Å². The second-order valence-electron chi connectivity index (χ2n) is 7.48. The first-order valence-electron chi connectivity index (χ1n) is 9.40. The van der Waals surface area contributed by atoms with Gasteiger partial charge in [-0.25, -0.2) is 18.4 Å². The molecule has 6 heteroatoms. The highest BCUT2D eigenvalue weighted by atomic mass is 32.2. The van der Waals surface area contributed by atoms with E-state index in [0.29, 0.717) is 25.4 Å². The average molecular weight is 372 g/mol. The summed E-state index contributed by atoms with van der Waals surface area (Å²) in [6.07, 6.45) is 4.97.